The number of hydrogen-bond acceptors (Lipinski definition) is 9. The summed E-state index contributed by atoms with van der Waals surface area (Å²) in [5.74, 6) is -0.353. The van der Waals surface area contributed by atoms with Crippen LogP contribution in [0.2, 0.25) is 10.0 Å². The number of rotatable bonds is 6. The summed E-state index contributed by atoms with van der Waals surface area (Å²) in [4.78, 5) is 26.6. The number of ketones is 1. The molecule has 0 bridgehead atoms. The minimum atomic E-state index is -0.948. The Balaban J connectivity index is 1.96. The van der Waals surface area contributed by atoms with Crippen LogP contribution in [0.3, 0.4) is 0 Å². The van der Waals surface area contributed by atoms with Crippen LogP contribution >= 0.6 is 23.2 Å². The van der Waals surface area contributed by atoms with Crippen LogP contribution < -0.4 is 14.8 Å². The molecule has 10 nitrogen and oxygen atoms in total. The Morgan fingerprint density at radius 2 is 1.79 bits per heavy atom. The Bertz CT molecular complexity index is 1290. The highest BCUT2D eigenvalue weighted by atomic mass is 35.5. The molecule has 0 amide bonds. The fourth-order valence-corrected chi connectivity index (χ4v) is 4.04. The van der Waals surface area contributed by atoms with Crippen molar-refractivity contribution < 1.29 is 23.8 Å². The van der Waals surface area contributed by atoms with Crippen molar-refractivity contribution in [1.29, 1.82) is 0 Å². The Morgan fingerprint density at radius 3 is 2.45 bits per heavy atom. The summed E-state index contributed by atoms with van der Waals surface area (Å²) in [6, 6.07) is 8.50. The molecule has 1 aliphatic rings. The summed E-state index contributed by atoms with van der Waals surface area (Å²) in [6.07, 6.45) is 0. The van der Waals surface area contributed by atoms with E-state index in [1.807, 2.05) is 0 Å². The lowest BCUT2D eigenvalue weighted by molar-refractivity contribution is -0.136. The molecule has 1 aliphatic heterocycles. The predicted molar refractivity (Wildman–Crippen MR) is 119 cm³/mol. The Kier molecular flexibility index (Phi) is 6.21. The SMILES string of the molecule is COC(=O)C1=C(C(=O)c2ccc(OC)c(OC)c2)[C@H](c2ccc(Cl)cc2Cl)n2nnnc2N1. The monoisotopic (exact) mass is 489 g/mol. The topological polar surface area (TPSA) is 117 Å². The molecule has 33 heavy (non-hydrogen) atoms. The lowest BCUT2D eigenvalue weighted by Gasteiger charge is -2.28. The van der Waals surface area contributed by atoms with Crippen LogP contribution in [0.4, 0.5) is 5.95 Å². The van der Waals surface area contributed by atoms with Gasteiger partial charge in [-0.25, -0.2) is 4.79 Å². The van der Waals surface area contributed by atoms with E-state index in [2.05, 4.69) is 20.8 Å². The number of esters is 1. The predicted octanol–water partition coefficient (Wildman–Crippen LogP) is 3.32. The number of allylic oxidation sites excluding steroid dienone is 1. The number of aromatic nitrogens is 4. The molecule has 3 aromatic rings. The number of fused-ring (bicyclic) bond motifs is 1. The highest BCUT2D eigenvalue weighted by Crippen LogP contribution is 2.40. The van der Waals surface area contributed by atoms with Crippen molar-refractivity contribution in [2.75, 3.05) is 26.6 Å². The lowest BCUT2D eigenvalue weighted by atomic mass is 9.89. The van der Waals surface area contributed by atoms with Gasteiger partial charge in [0, 0.05) is 21.2 Å². The minimum absolute atomic E-state index is 0.0260. The number of benzene rings is 2. The smallest absolute Gasteiger partial charge is 0.355 e. The molecule has 0 aliphatic carbocycles. The van der Waals surface area contributed by atoms with E-state index in [1.165, 1.54) is 38.1 Å². The number of anilines is 1. The zero-order valence-corrected chi connectivity index (χ0v) is 19.1. The third kappa shape index (κ3) is 3.98. The van der Waals surface area contributed by atoms with Crippen LogP contribution in [0.5, 0.6) is 11.5 Å². The maximum Gasteiger partial charge on any atom is 0.355 e. The van der Waals surface area contributed by atoms with Crippen molar-refractivity contribution in [1.82, 2.24) is 20.2 Å². The van der Waals surface area contributed by atoms with Crippen molar-refractivity contribution in [3.8, 4) is 11.5 Å². The van der Waals surface area contributed by atoms with E-state index in [0.29, 0.717) is 22.1 Å². The first kappa shape index (κ1) is 22.6. The number of ether oxygens (including phenoxy) is 3. The summed E-state index contributed by atoms with van der Waals surface area (Å²) < 4.78 is 16.9. The van der Waals surface area contributed by atoms with E-state index in [-0.39, 0.29) is 27.8 Å². The fraction of sp³-hybridized carbons (Fsp3) is 0.190. The van der Waals surface area contributed by atoms with E-state index in [9.17, 15) is 9.59 Å². The molecular formula is C21H17Cl2N5O5. The third-order valence-electron chi connectivity index (χ3n) is 5.05. The van der Waals surface area contributed by atoms with Gasteiger partial charge < -0.3 is 19.5 Å². The van der Waals surface area contributed by atoms with E-state index < -0.39 is 17.8 Å². The average molecular weight is 490 g/mol. The van der Waals surface area contributed by atoms with E-state index in [4.69, 9.17) is 37.4 Å². The zero-order valence-electron chi connectivity index (χ0n) is 17.6. The molecule has 0 saturated carbocycles. The summed E-state index contributed by atoms with van der Waals surface area (Å²) in [5.41, 5.74) is 0.604. The Hall–Kier alpha value is -3.63. The second-order valence-corrected chi connectivity index (χ2v) is 7.66. The summed E-state index contributed by atoms with van der Waals surface area (Å²) in [7, 11) is 4.15. The van der Waals surface area contributed by atoms with E-state index >= 15 is 0 Å². The van der Waals surface area contributed by atoms with Crippen LogP contribution in [0.1, 0.15) is 22.0 Å². The third-order valence-corrected chi connectivity index (χ3v) is 5.62. The molecule has 4 rings (SSSR count). The molecule has 0 spiro atoms. The summed E-state index contributed by atoms with van der Waals surface area (Å²) in [6.45, 7) is 0. The normalized spacial score (nSPS) is 14.9. The van der Waals surface area contributed by atoms with Gasteiger partial charge in [0.05, 0.1) is 26.9 Å². The van der Waals surface area contributed by atoms with Gasteiger partial charge >= 0.3 is 5.97 Å². The van der Waals surface area contributed by atoms with Crippen molar-refractivity contribution in [3.05, 3.63) is 68.8 Å². The number of nitrogens with zero attached hydrogens (tertiary/aromatic N) is 4. The second-order valence-electron chi connectivity index (χ2n) is 6.82. The highest BCUT2D eigenvalue weighted by Gasteiger charge is 2.39. The quantitative estimate of drug-likeness (QED) is 0.410. The maximum atomic E-state index is 13.8. The van der Waals surface area contributed by atoms with E-state index in [1.54, 1.807) is 24.3 Å². The molecule has 12 heteroatoms. The number of nitrogens with one attached hydrogen (secondary N) is 1. The fourth-order valence-electron chi connectivity index (χ4n) is 3.53. The van der Waals surface area contributed by atoms with Crippen molar-refractivity contribution in [2.24, 2.45) is 0 Å². The molecule has 1 atom stereocenters. The second kappa shape index (κ2) is 9.08. The number of hydrogen-bond donors (Lipinski definition) is 1. The van der Waals surface area contributed by atoms with Gasteiger partial charge in [-0.05, 0) is 40.8 Å². The summed E-state index contributed by atoms with van der Waals surface area (Å²) >= 11 is 12.6. The van der Waals surface area contributed by atoms with Gasteiger partial charge in [-0.1, -0.05) is 34.4 Å². The van der Waals surface area contributed by atoms with Crippen LogP contribution in [0.25, 0.3) is 0 Å². The highest BCUT2D eigenvalue weighted by molar-refractivity contribution is 6.35. The number of carbonyl (C=O) groups excluding carboxylic acids is 2. The summed E-state index contributed by atoms with van der Waals surface area (Å²) in [5, 5.41) is 15.0. The number of Topliss-reactive ketones (excluding diaryl/α,β-unsaturated/α-hetero) is 1. The lowest BCUT2D eigenvalue weighted by Crippen LogP contribution is -2.33. The Morgan fingerprint density at radius 1 is 1.03 bits per heavy atom. The van der Waals surface area contributed by atoms with Gasteiger partial charge in [0.2, 0.25) is 5.95 Å². The molecule has 0 radical (unpaired) electrons. The molecule has 0 fully saturated rings. The van der Waals surface area contributed by atoms with Gasteiger partial charge in [0.25, 0.3) is 0 Å². The number of tetrazole rings is 1. The Labute approximate surface area is 198 Å². The number of methoxy groups -OCH3 is 3. The number of halogens is 2. The first-order valence-corrected chi connectivity index (χ1v) is 10.2. The molecule has 0 unspecified atom stereocenters. The molecule has 2 aromatic carbocycles. The zero-order chi connectivity index (χ0) is 23.7. The number of carbonyl (C=O) groups is 2. The average Bonchev–Trinajstić information content (AvgIpc) is 3.30. The van der Waals surface area contributed by atoms with Crippen LogP contribution in [-0.2, 0) is 9.53 Å². The first-order valence-electron chi connectivity index (χ1n) is 9.48. The van der Waals surface area contributed by atoms with E-state index in [0.717, 1.165) is 0 Å². The molecule has 1 N–H and O–H groups in total. The van der Waals surface area contributed by atoms with Crippen LogP contribution in [0.15, 0.2) is 47.7 Å². The van der Waals surface area contributed by atoms with Gasteiger partial charge in [0.15, 0.2) is 17.3 Å². The molecule has 1 aromatic heterocycles. The van der Waals surface area contributed by atoms with Crippen LogP contribution in [-0.4, -0.2) is 53.3 Å². The van der Waals surface area contributed by atoms with Gasteiger partial charge in [-0.2, -0.15) is 4.68 Å². The van der Waals surface area contributed by atoms with Crippen molar-refractivity contribution in [2.45, 2.75) is 6.04 Å². The van der Waals surface area contributed by atoms with Gasteiger partial charge in [-0.15, -0.1) is 0 Å². The molecular weight excluding hydrogens is 473 g/mol. The standard InChI is InChI=1S/C21H17Cl2N5O5/c1-31-14-7-4-10(8-15(14)32-2)19(29)16-17(20(30)33-3)24-21-25-26-27-28(21)18(16)12-6-5-11(22)9-13(12)23/h4-9,18H,1-3H3,(H,24,25,27)/t18-/m0/s1. The maximum absolute atomic E-state index is 13.8. The molecule has 170 valence electrons. The minimum Gasteiger partial charge on any atom is -0.493 e. The van der Waals surface area contributed by atoms with Gasteiger partial charge in [0.1, 0.15) is 11.7 Å². The van der Waals surface area contributed by atoms with Gasteiger partial charge in [-0.3, -0.25) is 4.79 Å². The van der Waals surface area contributed by atoms with Crippen molar-refractivity contribution >= 4 is 40.9 Å². The first-order chi connectivity index (χ1) is 15.9. The van der Waals surface area contributed by atoms with Crippen molar-refractivity contribution in [3.63, 3.8) is 0 Å². The molecule has 2 heterocycles. The largest absolute Gasteiger partial charge is 0.493 e. The van der Waals surface area contributed by atoms with Crippen LogP contribution in [0, 0.1) is 0 Å². The molecule has 0 saturated heterocycles.